The normalized spacial score (nSPS) is 30.5. The fraction of sp³-hybridized carbons (Fsp3) is 0.667. The third-order valence-corrected chi connectivity index (χ3v) is 4.74. The molecule has 4 heteroatoms. The number of hydrogen-bond acceptors (Lipinski definition) is 4. The summed E-state index contributed by atoms with van der Waals surface area (Å²) in [5, 5.41) is 3.36. The lowest BCUT2D eigenvalue weighted by Gasteiger charge is -2.13. The van der Waals surface area contributed by atoms with Crippen molar-refractivity contribution in [3.05, 3.63) is 23.7 Å². The van der Waals surface area contributed by atoms with E-state index >= 15 is 0 Å². The first-order valence-electron chi connectivity index (χ1n) is 7.11. The maximum atomic E-state index is 11.4. The van der Waals surface area contributed by atoms with Crippen LogP contribution in [0.5, 0.6) is 0 Å². The highest BCUT2D eigenvalue weighted by Crippen LogP contribution is 2.60. The lowest BCUT2D eigenvalue weighted by atomic mass is 10.0. The Morgan fingerprint density at radius 2 is 2.05 bits per heavy atom. The van der Waals surface area contributed by atoms with E-state index in [9.17, 15) is 4.79 Å². The molecule has 0 amide bonds. The average Bonchev–Trinajstić information content (AvgIpc) is 2.95. The molecule has 1 aromatic heterocycles. The summed E-state index contributed by atoms with van der Waals surface area (Å²) in [4.78, 5) is 11.4. The van der Waals surface area contributed by atoms with Crippen LogP contribution in [0.25, 0.3) is 0 Å². The summed E-state index contributed by atoms with van der Waals surface area (Å²) in [5.41, 5.74) is 0. The molecule has 0 saturated heterocycles. The number of nitrogens with one attached hydrogen (secondary N) is 1. The van der Waals surface area contributed by atoms with E-state index in [1.165, 1.54) is 32.8 Å². The zero-order valence-electron chi connectivity index (χ0n) is 11.5. The Hall–Kier alpha value is -1.29. The molecule has 0 aliphatic heterocycles. The van der Waals surface area contributed by atoms with Crippen LogP contribution in [-0.2, 0) is 4.74 Å². The molecular formula is C15H21NO3. The van der Waals surface area contributed by atoms with Gasteiger partial charge in [0.2, 0.25) is 5.76 Å². The number of esters is 1. The number of methoxy groups -OCH3 is 1. The van der Waals surface area contributed by atoms with Crippen LogP contribution in [0.2, 0.25) is 0 Å². The van der Waals surface area contributed by atoms with Crippen LogP contribution in [0.4, 0.5) is 0 Å². The number of furan rings is 1. The third-order valence-electron chi connectivity index (χ3n) is 4.74. The second-order valence-corrected chi connectivity index (χ2v) is 5.65. The lowest BCUT2D eigenvalue weighted by molar-refractivity contribution is 0.0561. The van der Waals surface area contributed by atoms with Crippen molar-refractivity contribution in [2.45, 2.75) is 31.7 Å². The van der Waals surface area contributed by atoms with E-state index in [2.05, 4.69) is 10.1 Å². The Balaban J connectivity index is 1.75. The fourth-order valence-electron chi connectivity index (χ4n) is 3.80. The highest BCUT2D eigenvalue weighted by atomic mass is 16.5. The Bertz CT molecular complexity index is 456. The van der Waals surface area contributed by atoms with Crippen LogP contribution in [0.3, 0.4) is 0 Å². The minimum atomic E-state index is -0.408. The number of ether oxygens (including phenoxy) is 1. The van der Waals surface area contributed by atoms with Gasteiger partial charge in [0.25, 0.3) is 0 Å². The van der Waals surface area contributed by atoms with Gasteiger partial charge in [-0.05, 0) is 49.8 Å². The molecule has 1 heterocycles. The number of carbonyl (C=O) groups is 1. The van der Waals surface area contributed by atoms with Crippen LogP contribution in [0, 0.1) is 17.8 Å². The molecule has 0 radical (unpaired) electrons. The number of hydrogen-bond donors (Lipinski definition) is 1. The van der Waals surface area contributed by atoms with Gasteiger partial charge in [-0.3, -0.25) is 0 Å². The minimum absolute atomic E-state index is 0.228. The van der Waals surface area contributed by atoms with E-state index in [1.54, 1.807) is 6.07 Å². The molecule has 3 atom stereocenters. The first-order valence-corrected chi connectivity index (χ1v) is 7.11. The van der Waals surface area contributed by atoms with E-state index in [4.69, 9.17) is 4.42 Å². The van der Waals surface area contributed by atoms with Crippen molar-refractivity contribution in [2.24, 2.45) is 17.8 Å². The summed E-state index contributed by atoms with van der Waals surface area (Å²) >= 11 is 0. The smallest absolute Gasteiger partial charge is 0.373 e. The molecule has 0 bridgehead atoms. The van der Waals surface area contributed by atoms with Crippen LogP contribution >= 0.6 is 0 Å². The van der Waals surface area contributed by atoms with E-state index in [0.717, 1.165) is 17.6 Å². The van der Waals surface area contributed by atoms with Gasteiger partial charge in [0.05, 0.1) is 13.2 Å². The van der Waals surface area contributed by atoms with E-state index in [-0.39, 0.29) is 6.04 Å². The Labute approximate surface area is 113 Å². The molecule has 104 valence electrons. The van der Waals surface area contributed by atoms with Crippen molar-refractivity contribution in [2.75, 3.05) is 14.2 Å². The minimum Gasteiger partial charge on any atom is -0.463 e. The molecule has 0 spiro atoms. The van der Waals surface area contributed by atoms with Crippen LogP contribution in [0.15, 0.2) is 16.5 Å². The molecule has 4 nitrogen and oxygen atoms in total. The van der Waals surface area contributed by atoms with Gasteiger partial charge in [-0.15, -0.1) is 0 Å². The zero-order chi connectivity index (χ0) is 13.4. The van der Waals surface area contributed by atoms with Crippen LogP contribution < -0.4 is 5.32 Å². The highest BCUT2D eigenvalue weighted by Gasteiger charge is 2.54. The summed E-state index contributed by atoms with van der Waals surface area (Å²) in [6.07, 6.45) is 5.41. The predicted molar refractivity (Wildman–Crippen MR) is 70.8 cm³/mol. The Morgan fingerprint density at radius 3 is 2.63 bits per heavy atom. The maximum absolute atomic E-state index is 11.4. The topological polar surface area (TPSA) is 51.5 Å². The molecule has 2 aliphatic rings. The van der Waals surface area contributed by atoms with Gasteiger partial charge in [-0.2, -0.15) is 0 Å². The highest BCUT2D eigenvalue weighted by molar-refractivity contribution is 5.86. The molecule has 2 saturated carbocycles. The summed E-state index contributed by atoms with van der Waals surface area (Å²) in [7, 11) is 3.34. The van der Waals surface area contributed by atoms with E-state index in [1.807, 2.05) is 13.1 Å². The third kappa shape index (κ3) is 2.18. The molecule has 1 aromatic rings. The largest absolute Gasteiger partial charge is 0.463 e. The van der Waals surface area contributed by atoms with E-state index < -0.39 is 5.97 Å². The molecule has 19 heavy (non-hydrogen) atoms. The number of fused-ring (bicyclic) bond motifs is 1. The van der Waals surface area contributed by atoms with Crippen molar-refractivity contribution in [3.63, 3.8) is 0 Å². The molecule has 3 unspecified atom stereocenters. The maximum Gasteiger partial charge on any atom is 0.373 e. The molecule has 0 aromatic carbocycles. The summed E-state index contributed by atoms with van der Waals surface area (Å²) in [6.45, 7) is 0. The molecule has 3 rings (SSSR count). The van der Waals surface area contributed by atoms with Gasteiger partial charge in [0, 0.05) is 0 Å². The van der Waals surface area contributed by atoms with Gasteiger partial charge in [0.15, 0.2) is 0 Å². The van der Waals surface area contributed by atoms with Gasteiger partial charge < -0.3 is 14.5 Å². The van der Waals surface area contributed by atoms with Crippen molar-refractivity contribution in [1.82, 2.24) is 5.32 Å². The van der Waals surface area contributed by atoms with Gasteiger partial charge >= 0.3 is 5.97 Å². The second-order valence-electron chi connectivity index (χ2n) is 5.65. The van der Waals surface area contributed by atoms with Gasteiger partial charge in [0.1, 0.15) is 5.76 Å². The van der Waals surface area contributed by atoms with Gasteiger partial charge in [-0.25, -0.2) is 4.79 Å². The van der Waals surface area contributed by atoms with Crippen molar-refractivity contribution in [1.29, 1.82) is 0 Å². The van der Waals surface area contributed by atoms with E-state index in [0.29, 0.717) is 11.7 Å². The summed E-state index contributed by atoms with van der Waals surface area (Å²) in [6, 6.07) is 3.83. The lowest BCUT2D eigenvalue weighted by Crippen LogP contribution is -2.19. The van der Waals surface area contributed by atoms with Crippen LogP contribution in [-0.4, -0.2) is 20.1 Å². The predicted octanol–water partition coefficient (Wildman–Crippen LogP) is 2.76. The summed E-state index contributed by atoms with van der Waals surface area (Å²) < 4.78 is 10.3. The first-order chi connectivity index (χ1) is 9.26. The zero-order valence-corrected chi connectivity index (χ0v) is 11.5. The molecule has 1 N–H and O–H groups in total. The first kappa shape index (κ1) is 12.7. The van der Waals surface area contributed by atoms with Gasteiger partial charge in [-0.1, -0.05) is 12.8 Å². The standard InChI is InChI=1S/C15H21NO3/c1-16-14(13-9-5-3-4-6-10(9)13)11-7-8-12(19-11)15(17)18-2/h7-10,13-14,16H,3-6H2,1-2H3. The molecule has 2 fully saturated rings. The molecular weight excluding hydrogens is 242 g/mol. The monoisotopic (exact) mass is 263 g/mol. The van der Waals surface area contributed by atoms with Crippen LogP contribution in [0.1, 0.15) is 48.0 Å². The Morgan fingerprint density at radius 1 is 1.37 bits per heavy atom. The Kier molecular flexibility index (Phi) is 3.35. The SMILES string of the molecule is CNC(c1ccc(C(=O)OC)o1)C1C2CCCCC21. The van der Waals surface area contributed by atoms with Crippen molar-refractivity contribution < 1.29 is 13.9 Å². The average molecular weight is 263 g/mol. The second kappa shape index (κ2) is 5.00. The number of carbonyl (C=O) groups excluding carboxylic acids is 1. The quantitative estimate of drug-likeness (QED) is 0.849. The number of rotatable bonds is 4. The molecule has 2 aliphatic carbocycles. The van der Waals surface area contributed by atoms with Crippen molar-refractivity contribution in [3.8, 4) is 0 Å². The summed E-state index contributed by atoms with van der Waals surface area (Å²) in [5.74, 6) is 3.11. The fourth-order valence-corrected chi connectivity index (χ4v) is 3.80. The van der Waals surface area contributed by atoms with Crippen molar-refractivity contribution >= 4 is 5.97 Å².